The molecule has 0 aromatic heterocycles. The van der Waals surface area contributed by atoms with Gasteiger partial charge in [-0.3, -0.25) is 0 Å². The first-order valence-corrected chi connectivity index (χ1v) is 7.84. The van der Waals surface area contributed by atoms with Crippen molar-refractivity contribution in [1.82, 2.24) is 10.0 Å². The van der Waals surface area contributed by atoms with E-state index in [1.54, 1.807) is 0 Å². The highest BCUT2D eigenvalue weighted by atomic mass is 32.2. The van der Waals surface area contributed by atoms with Gasteiger partial charge in [0.15, 0.2) is 0 Å². The van der Waals surface area contributed by atoms with Crippen molar-refractivity contribution in [2.24, 2.45) is 5.92 Å². The van der Waals surface area contributed by atoms with Crippen molar-refractivity contribution in [3.63, 3.8) is 0 Å². The zero-order valence-electron chi connectivity index (χ0n) is 9.91. The smallest absolute Gasteiger partial charge is 0.214 e. The fraction of sp³-hybridized carbons (Fsp3) is 1.00. The van der Waals surface area contributed by atoms with Crippen LogP contribution in [0.1, 0.15) is 39.0 Å². The minimum Gasteiger partial charge on any atom is -0.315 e. The quantitative estimate of drug-likeness (QED) is 0.776. The molecule has 0 aromatic rings. The van der Waals surface area contributed by atoms with Crippen LogP contribution in [0.15, 0.2) is 0 Å². The highest BCUT2D eigenvalue weighted by Crippen LogP contribution is 2.24. The summed E-state index contributed by atoms with van der Waals surface area (Å²) >= 11 is 0. The van der Waals surface area contributed by atoms with Crippen molar-refractivity contribution >= 4 is 10.0 Å². The Balaban J connectivity index is 1.92. The number of hydrogen-bond donors (Lipinski definition) is 2. The van der Waals surface area contributed by atoms with Gasteiger partial charge in [-0.15, -0.1) is 0 Å². The van der Waals surface area contributed by atoms with Crippen molar-refractivity contribution in [2.75, 3.05) is 13.1 Å². The van der Waals surface area contributed by atoms with E-state index < -0.39 is 10.0 Å². The lowest BCUT2D eigenvalue weighted by Crippen LogP contribution is -2.50. The first-order valence-electron chi connectivity index (χ1n) is 6.30. The van der Waals surface area contributed by atoms with Crippen LogP contribution in [0.25, 0.3) is 0 Å². The summed E-state index contributed by atoms with van der Waals surface area (Å²) in [5.41, 5.74) is 0. The Hall–Kier alpha value is -0.130. The lowest BCUT2D eigenvalue weighted by atomic mass is 9.99. The second-order valence-electron chi connectivity index (χ2n) is 5.27. The Labute approximate surface area is 98.2 Å². The SMILES string of the molecule is CC1CNCC(NS(=O)(=O)C2CCCC2)C1. The van der Waals surface area contributed by atoms with Crippen LogP contribution in [0.3, 0.4) is 0 Å². The normalized spacial score (nSPS) is 33.1. The van der Waals surface area contributed by atoms with Crippen molar-refractivity contribution in [1.29, 1.82) is 0 Å². The summed E-state index contributed by atoms with van der Waals surface area (Å²) < 4.78 is 27.0. The summed E-state index contributed by atoms with van der Waals surface area (Å²) in [5.74, 6) is 0.560. The largest absolute Gasteiger partial charge is 0.315 e. The van der Waals surface area contributed by atoms with E-state index >= 15 is 0 Å². The molecule has 0 radical (unpaired) electrons. The van der Waals surface area contributed by atoms with Crippen molar-refractivity contribution in [3.8, 4) is 0 Å². The van der Waals surface area contributed by atoms with Crippen LogP contribution < -0.4 is 10.0 Å². The van der Waals surface area contributed by atoms with Crippen molar-refractivity contribution < 1.29 is 8.42 Å². The number of piperidine rings is 1. The minimum absolute atomic E-state index is 0.0920. The Bertz CT molecular complexity index is 323. The zero-order chi connectivity index (χ0) is 11.6. The van der Waals surface area contributed by atoms with Crippen LogP contribution in [-0.4, -0.2) is 32.8 Å². The molecule has 1 saturated heterocycles. The van der Waals surface area contributed by atoms with E-state index in [-0.39, 0.29) is 11.3 Å². The predicted molar refractivity (Wildman–Crippen MR) is 64.8 cm³/mol. The van der Waals surface area contributed by atoms with E-state index in [4.69, 9.17) is 0 Å². The van der Waals surface area contributed by atoms with Crippen molar-refractivity contribution in [3.05, 3.63) is 0 Å². The molecule has 0 spiro atoms. The number of sulfonamides is 1. The van der Waals surface area contributed by atoms with Gasteiger partial charge in [-0.2, -0.15) is 0 Å². The van der Waals surface area contributed by atoms with Gasteiger partial charge in [0.25, 0.3) is 0 Å². The number of rotatable bonds is 3. The third-order valence-electron chi connectivity index (χ3n) is 3.64. The van der Waals surface area contributed by atoms with Gasteiger partial charge in [0.2, 0.25) is 10.0 Å². The molecule has 0 amide bonds. The molecular weight excluding hydrogens is 224 g/mol. The predicted octanol–water partition coefficient (Wildman–Crippen LogP) is 0.846. The number of hydrogen-bond acceptors (Lipinski definition) is 3. The second-order valence-corrected chi connectivity index (χ2v) is 7.26. The lowest BCUT2D eigenvalue weighted by Gasteiger charge is -2.29. The maximum Gasteiger partial charge on any atom is 0.214 e. The zero-order valence-corrected chi connectivity index (χ0v) is 10.7. The third-order valence-corrected chi connectivity index (χ3v) is 5.65. The fourth-order valence-corrected chi connectivity index (χ4v) is 4.56. The Morgan fingerprint density at radius 2 is 1.88 bits per heavy atom. The highest BCUT2D eigenvalue weighted by Gasteiger charge is 2.31. The molecular formula is C11H22N2O2S. The molecule has 2 unspecified atom stereocenters. The molecule has 16 heavy (non-hydrogen) atoms. The van der Waals surface area contributed by atoms with Crippen LogP contribution in [-0.2, 0) is 10.0 Å². The standard InChI is InChI=1S/C11H22N2O2S/c1-9-6-10(8-12-7-9)13-16(14,15)11-4-2-3-5-11/h9-13H,2-8H2,1H3. The Morgan fingerprint density at radius 1 is 1.19 bits per heavy atom. The van der Waals surface area contributed by atoms with Gasteiger partial charge in [-0.25, -0.2) is 13.1 Å². The molecule has 94 valence electrons. The summed E-state index contributed by atoms with van der Waals surface area (Å²) in [5, 5.41) is 3.14. The highest BCUT2D eigenvalue weighted by molar-refractivity contribution is 7.90. The second kappa shape index (κ2) is 5.02. The summed E-state index contributed by atoms with van der Waals surface area (Å²) in [4.78, 5) is 0. The summed E-state index contributed by atoms with van der Waals surface area (Å²) in [7, 11) is -3.07. The summed E-state index contributed by atoms with van der Waals surface area (Å²) in [6, 6.07) is 0.0920. The van der Waals surface area contributed by atoms with Gasteiger partial charge < -0.3 is 5.32 Å². The average Bonchev–Trinajstić information content (AvgIpc) is 2.69. The fourth-order valence-electron chi connectivity index (χ4n) is 2.77. The molecule has 2 rings (SSSR count). The van der Waals surface area contributed by atoms with Gasteiger partial charge in [0.05, 0.1) is 5.25 Å². The summed E-state index contributed by atoms with van der Waals surface area (Å²) in [6.07, 6.45) is 4.75. The van der Waals surface area contributed by atoms with Gasteiger partial charge in [0.1, 0.15) is 0 Å². The molecule has 1 aliphatic heterocycles. The maximum atomic E-state index is 12.1. The minimum atomic E-state index is -3.07. The lowest BCUT2D eigenvalue weighted by molar-refractivity contribution is 0.345. The van der Waals surface area contributed by atoms with Gasteiger partial charge in [-0.05, 0) is 31.7 Å². The molecule has 1 saturated carbocycles. The van der Waals surface area contributed by atoms with Gasteiger partial charge in [-0.1, -0.05) is 19.8 Å². The van der Waals surface area contributed by atoms with Crippen molar-refractivity contribution in [2.45, 2.75) is 50.3 Å². The molecule has 2 fully saturated rings. The van der Waals surface area contributed by atoms with E-state index in [0.29, 0.717) is 5.92 Å². The molecule has 1 aliphatic carbocycles. The van der Waals surface area contributed by atoms with Crippen LogP contribution in [0.5, 0.6) is 0 Å². The van der Waals surface area contributed by atoms with E-state index in [1.165, 1.54) is 0 Å². The molecule has 0 bridgehead atoms. The van der Waals surface area contributed by atoms with E-state index in [9.17, 15) is 8.42 Å². The summed E-state index contributed by atoms with van der Waals surface area (Å²) in [6.45, 7) is 3.93. The molecule has 2 N–H and O–H groups in total. The molecule has 1 heterocycles. The molecule has 0 aromatic carbocycles. The first-order chi connectivity index (χ1) is 7.58. The monoisotopic (exact) mass is 246 g/mol. The molecule has 2 aliphatic rings. The van der Waals surface area contributed by atoms with Gasteiger partial charge in [0, 0.05) is 12.6 Å². The third kappa shape index (κ3) is 2.96. The van der Waals surface area contributed by atoms with E-state index in [0.717, 1.165) is 45.2 Å². The molecule has 2 atom stereocenters. The first kappa shape index (κ1) is 12.3. The Morgan fingerprint density at radius 3 is 2.50 bits per heavy atom. The van der Waals surface area contributed by atoms with Gasteiger partial charge >= 0.3 is 0 Å². The van der Waals surface area contributed by atoms with E-state index in [1.807, 2.05) is 0 Å². The topological polar surface area (TPSA) is 58.2 Å². The number of nitrogens with one attached hydrogen (secondary N) is 2. The van der Waals surface area contributed by atoms with Crippen LogP contribution in [0, 0.1) is 5.92 Å². The average molecular weight is 246 g/mol. The van der Waals surface area contributed by atoms with Crippen LogP contribution in [0.2, 0.25) is 0 Å². The maximum absolute atomic E-state index is 12.1. The molecule has 4 nitrogen and oxygen atoms in total. The van der Waals surface area contributed by atoms with E-state index in [2.05, 4.69) is 17.0 Å². The Kier molecular flexibility index (Phi) is 3.87. The van der Waals surface area contributed by atoms with Crippen LogP contribution >= 0.6 is 0 Å². The van der Waals surface area contributed by atoms with Crippen LogP contribution in [0.4, 0.5) is 0 Å². The molecule has 5 heteroatoms.